The fourth-order valence-electron chi connectivity index (χ4n) is 2.26. The first-order valence-corrected chi connectivity index (χ1v) is 7.79. The van der Waals surface area contributed by atoms with Crippen molar-refractivity contribution >= 4 is 15.9 Å². The molecule has 0 radical (unpaired) electrons. The molecule has 1 N–H and O–H groups in total. The van der Waals surface area contributed by atoms with Gasteiger partial charge in [0.25, 0.3) is 0 Å². The number of benzene rings is 1. The highest BCUT2D eigenvalue weighted by Crippen LogP contribution is 2.41. The predicted molar refractivity (Wildman–Crippen MR) is 87.7 cm³/mol. The van der Waals surface area contributed by atoms with Crippen LogP contribution in [0.3, 0.4) is 0 Å². The van der Waals surface area contributed by atoms with Crippen molar-refractivity contribution in [3.63, 3.8) is 0 Å². The van der Waals surface area contributed by atoms with E-state index < -0.39 is 0 Å². The summed E-state index contributed by atoms with van der Waals surface area (Å²) in [6, 6.07) is 4.28. The van der Waals surface area contributed by atoms with Crippen LogP contribution in [0.15, 0.2) is 16.6 Å². The summed E-state index contributed by atoms with van der Waals surface area (Å²) >= 11 is 3.66. The average Bonchev–Trinajstić information content (AvgIpc) is 2.38. The standard InChI is InChI=1S/C16H26BrNO2/c1-7-8-18-15(16(2,3)4)11-9-13(19-5)14(20-6)10-12(11)17/h9-10,15,18H,7-8H2,1-6H3. The Balaban J connectivity index is 3.25. The third-order valence-corrected chi connectivity index (χ3v) is 3.97. The van der Waals surface area contributed by atoms with Crippen molar-refractivity contribution in [1.29, 1.82) is 0 Å². The van der Waals surface area contributed by atoms with E-state index >= 15 is 0 Å². The molecule has 1 rings (SSSR count). The summed E-state index contributed by atoms with van der Waals surface area (Å²) in [5.74, 6) is 1.50. The van der Waals surface area contributed by atoms with Crippen LogP contribution >= 0.6 is 15.9 Å². The first-order valence-electron chi connectivity index (χ1n) is 7.00. The molecule has 0 amide bonds. The van der Waals surface area contributed by atoms with Gasteiger partial charge in [-0.1, -0.05) is 43.6 Å². The van der Waals surface area contributed by atoms with Gasteiger partial charge in [0, 0.05) is 10.5 Å². The van der Waals surface area contributed by atoms with Crippen molar-refractivity contribution < 1.29 is 9.47 Å². The lowest BCUT2D eigenvalue weighted by Crippen LogP contribution is -2.33. The Morgan fingerprint density at radius 1 is 1.15 bits per heavy atom. The van der Waals surface area contributed by atoms with Crippen LogP contribution in [0, 0.1) is 5.41 Å². The average molecular weight is 344 g/mol. The lowest BCUT2D eigenvalue weighted by atomic mass is 9.82. The van der Waals surface area contributed by atoms with Gasteiger partial charge in [0.1, 0.15) is 0 Å². The summed E-state index contributed by atoms with van der Waals surface area (Å²) in [4.78, 5) is 0. The molecule has 0 spiro atoms. The van der Waals surface area contributed by atoms with Crippen LogP contribution < -0.4 is 14.8 Å². The maximum atomic E-state index is 5.43. The highest BCUT2D eigenvalue weighted by Gasteiger charge is 2.28. The molecule has 0 fully saturated rings. The molecule has 0 aliphatic heterocycles. The molecule has 0 heterocycles. The molecule has 0 saturated carbocycles. The van der Waals surface area contributed by atoms with Crippen molar-refractivity contribution in [2.75, 3.05) is 20.8 Å². The Hall–Kier alpha value is -0.740. The van der Waals surface area contributed by atoms with Crippen molar-refractivity contribution in [2.24, 2.45) is 5.41 Å². The fraction of sp³-hybridized carbons (Fsp3) is 0.625. The van der Waals surface area contributed by atoms with Crippen LogP contribution in [-0.4, -0.2) is 20.8 Å². The molecule has 114 valence electrons. The van der Waals surface area contributed by atoms with Gasteiger partial charge in [-0.2, -0.15) is 0 Å². The van der Waals surface area contributed by atoms with Crippen molar-refractivity contribution in [2.45, 2.75) is 40.2 Å². The lowest BCUT2D eigenvalue weighted by molar-refractivity contribution is 0.271. The molecule has 1 atom stereocenters. The summed E-state index contributed by atoms with van der Waals surface area (Å²) in [5.41, 5.74) is 1.31. The van der Waals surface area contributed by atoms with Gasteiger partial charge in [0.2, 0.25) is 0 Å². The fourth-order valence-corrected chi connectivity index (χ4v) is 2.81. The van der Waals surface area contributed by atoms with Gasteiger partial charge in [-0.3, -0.25) is 0 Å². The normalized spacial score (nSPS) is 13.2. The summed E-state index contributed by atoms with van der Waals surface area (Å²) in [6.07, 6.45) is 1.11. The smallest absolute Gasteiger partial charge is 0.161 e. The summed E-state index contributed by atoms with van der Waals surface area (Å²) in [6.45, 7) is 9.88. The molecule has 3 nitrogen and oxygen atoms in total. The lowest BCUT2D eigenvalue weighted by Gasteiger charge is -2.33. The van der Waals surface area contributed by atoms with Gasteiger partial charge in [0.15, 0.2) is 11.5 Å². The minimum Gasteiger partial charge on any atom is -0.493 e. The van der Waals surface area contributed by atoms with Crippen LogP contribution in [0.2, 0.25) is 0 Å². The van der Waals surface area contributed by atoms with E-state index in [1.165, 1.54) is 5.56 Å². The molecule has 1 unspecified atom stereocenters. The molecule has 0 bridgehead atoms. The zero-order valence-corrected chi connectivity index (χ0v) is 14.9. The summed E-state index contributed by atoms with van der Waals surface area (Å²) in [5, 5.41) is 3.63. The number of hydrogen-bond acceptors (Lipinski definition) is 3. The number of halogens is 1. The number of methoxy groups -OCH3 is 2. The molecule has 1 aromatic rings. The van der Waals surface area contributed by atoms with E-state index in [0.29, 0.717) is 0 Å². The molecule has 0 aliphatic carbocycles. The molecular weight excluding hydrogens is 318 g/mol. The maximum Gasteiger partial charge on any atom is 0.161 e. The minimum absolute atomic E-state index is 0.108. The molecule has 0 saturated heterocycles. The molecule has 0 aromatic heterocycles. The van der Waals surface area contributed by atoms with Gasteiger partial charge in [-0.25, -0.2) is 0 Å². The number of rotatable bonds is 6. The molecular formula is C16H26BrNO2. The van der Waals surface area contributed by atoms with Crippen LogP contribution in [0.4, 0.5) is 0 Å². The number of nitrogens with one attached hydrogen (secondary N) is 1. The first-order chi connectivity index (χ1) is 9.35. The second-order valence-corrected chi connectivity index (χ2v) is 6.84. The van der Waals surface area contributed by atoms with Crippen molar-refractivity contribution in [3.8, 4) is 11.5 Å². The summed E-state index contributed by atoms with van der Waals surface area (Å²) < 4.78 is 11.8. The van der Waals surface area contributed by atoms with E-state index in [1.807, 2.05) is 6.07 Å². The van der Waals surface area contributed by atoms with E-state index in [2.05, 4.69) is 55.0 Å². The Bertz CT molecular complexity index is 441. The highest BCUT2D eigenvalue weighted by atomic mass is 79.9. The Morgan fingerprint density at radius 3 is 2.15 bits per heavy atom. The SMILES string of the molecule is CCCNC(c1cc(OC)c(OC)cc1Br)C(C)(C)C. The third kappa shape index (κ3) is 4.13. The van der Waals surface area contributed by atoms with Crippen LogP contribution in [0.25, 0.3) is 0 Å². The quantitative estimate of drug-likeness (QED) is 0.821. The van der Waals surface area contributed by atoms with E-state index in [0.717, 1.165) is 28.9 Å². The van der Waals surface area contributed by atoms with Crippen molar-refractivity contribution in [1.82, 2.24) is 5.32 Å². The molecule has 20 heavy (non-hydrogen) atoms. The zero-order chi connectivity index (χ0) is 15.3. The molecule has 4 heteroatoms. The monoisotopic (exact) mass is 343 g/mol. The van der Waals surface area contributed by atoms with E-state index in [4.69, 9.17) is 9.47 Å². The number of hydrogen-bond donors (Lipinski definition) is 1. The largest absolute Gasteiger partial charge is 0.493 e. The number of ether oxygens (including phenoxy) is 2. The van der Waals surface area contributed by atoms with E-state index in [-0.39, 0.29) is 11.5 Å². The van der Waals surface area contributed by atoms with Gasteiger partial charge >= 0.3 is 0 Å². The highest BCUT2D eigenvalue weighted by molar-refractivity contribution is 9.10. The van der Waals surface area contributed by atoms with Crippen molar-refractivity contribution in [3.05, 3.63) is 22.2 Å². The second-order valence-electron chi connectivity index (χ2n) is 5.98. The first kappa shape index (κ1) is 17.3. The Labute approximate surface area is 131 Å². The summed E-state index contributed by atoms with van der Waals surface area (Å²) in [7, 11) is 3.32. The van der Waals surface area contributed by atoms with E-state index in [9.17, 15) is 0 Å². The Morgan fingerprint density at radius 2 is 1.70 bits per heavy atom. The van der Waals surface area contributed by atoms with Gasteiger partial charge in [-0.15, -0.1) is 0 Å². The van der Waals surface area contributed by atoms with Gasteiger partial charge in [0.05, 0.1) is 14.2 Å². The van der Waals surface area contributed by atoms with Crippen LogP contribution in [0.1, 0.15) is 45.7 Å². The van der Waals surface area contributed by atoms with Gasteiger partial charge in [-0.05, 0) is 36.1 Å². The Kier molecular flexibility index (Phi) is 6.34. The van der Waals surface area contributed by atoms with Crippen LogP contribution in [0.5, 0.6) is 11.5 Å². The minimum atomic E-state index is 0.108. The van der Waals surface area contributed by atoms with Gasteiger partial charge < -0.3 is 14.8 Å². The third-order valence-electron chi connectivity index (χ3n) is 3.28. The predicted octanol–water partition coefficient (Wildman–Crippen LogP) is 4.55. The van der Waals surface area contributed by atoms with Crippen LogP contribution in [-0.2, 0) is 0 Å². The molecule has 0 aliphatic rings. The second kappa shape index (κ2) is 7.32. The maximum absolute atomic E-state index is 5.43. The molecule has 1 aromatic carbocycles. The topological polar surface area (TPSA) is 30.5 Å². The zero-order valence-electron chi connectivity index (χ0n) is 13.3. The van der Waals surface area contributed by atoms with E-state index in [1.54, 1.807) is 14.2 Å².